The van der Waals surface area contributed by atoms with Gasteiger partial charge in [0.05, 0.1) is 13.2 Å². The smallest absolute Gasteiger partial charge is 0.242 e. The van der Waals surface area contributed by atoms with Crippen molar-refractivity contribution in [3.8, 4) is 5.75 Å². The standard InChI is InChI=1S/C11H15N3O2/c1-16-9-5-3-7-13-10(9)14-11(15)8-4-2-6-12-8/h3,5,7-8,12H,2,4,6H2,1H3,(H,13,14,15). The van der Waals surface area contributed by atoms with Crippen molar-refractivity contribution in [1.29, 1.82) is 0 Å². The number of carbonyl (C=O) groups is 1. The fourth-order valence-corrected chi connectivity index (χ4v) is 1.76. The third-order valence-corrected chi connectivity index (χ3v) is 2.61. The van der Waals surface area contributed by atoms with Crippen LogP contribution in [0.4, 0.5) is 5.82 Å². The summed E-state index contributed by atoms with van der Waals surface area (Å²) in [6, 6.07) is 3.43. The Hall–Kier alpha value is -1.62. The fraction of sp³-hybridized carbons (Fsp3) is 0.455. The first-order chi connectivity index (χ1) is 7.81. The molecule has 1 atom stereocenters. The third kappa shape index (κ3) is 2.30. The van der Waals surface area contributed by atoms with Gasteiger partial charge < -0.3 is 15.4 Å². The first-order valence-electron chi connectivity index (χ1n) is 5.34. The van der Waals surface area contributed by atoms with Gasteiger partial charge in [-0.3, -0.25) is 4.79 Å². The van der Waals surface area contributed by atoms with Crippen molar-refractivity contribution < 1.29 is 9.53 Å². The highest BCUT2D eigenvalue weighted by molar-refractivity contribution is 5.95. The zero-order chi connectivity index (χ0) is 11.4. The van der Waals surface area contributed by atoms with Crippen LogP contribution in [-0.4, -0.2) is 30.6 Å². The van der Waals surface area contributed by atoms with Crippen LogP contribution in [0.3, 0.4) is 0 Å². The molecule has 1 saturated heterocycles. The van der Waals surface area contributed by atoms with E-state index in [1.165, 1.54) is 0 Å². The van der Waals surface area contributed by atoms with E-state index in [0.29, 0.717) is 11.6 Å². The minimum absolute atomic E-state index is 0.0468. The molecule has 2 heterocycles. The Bertz CT molecular complexity index is 375. The lowest BCUT2D eigenvalue weighted by Gasteiger charge is -2.12. The molecule has 1 unspecified atom stereocenters. The third-order valence-electron chi connectivity index (χ3n) is 2.61. The molecule has 0 radical (unpaired) electrons. The number of anilines is 1. The van der Waals surface area contributed by atoms with Gasteiger partial charge in [0.1, 0.15) is 0 Å². The van der Waals surface area contributed by atoms with Crippen LogP contribution in [0.15, 0.2) is 18.3 Å². The molecule has 0 spiro atoms. The maximum atomic E-state index is 11.8. The summed E-state index contributed by atoms with van der Waals surface area (Å²) >= 11 is 0. The molecular weight excluding hydrogens is 206 g/mol. The minimum atomic E-state index is -0.105. The maximum absolute atomic E-state index is 11.8. The lowest BCUT2D eigenvalue weighted by Crippen LogP contribution is -2.35. The van der Waals surface area contributed by atoms with E-state index >= 15 is 0 Å². The normalized spacial score (nSPS) is 19.4. The summed E-state index contributed by atoms with van der Waals surface area (Å²) in [5, 5.41) is 5.90. The van der Waals surface area contributed by atoms with Crippen molar-refractivity contribution in [2.75, 3.05) is 19.0 Å². The highest BCUT2D eigenvalue weighted by atomic mass is 16.5. The van der Waals surface area contributed by atoms with Crippen molar-refractivity contribution in [2.24, 2.45) is 0 Å². The fourth-order valence-electron chi connectivity index (χ4n) is 1.76. The van der Waals surface area contributed by atoms with Crippen molar-refractivity contribution in [3.63, 3.8) is 0 Å². The number of ether oxygens (including phenoxy) is 1. The Morgan fingerprint density at radius 2 is 2.56 bits per heavy atom. The van der Waals surface area contributed by atoms with Crippen LogP contribution in [0.1, 0.15) is 12.8 Å². The van der Waals surface area contributed by atoms with E-state index in [1.54, 1.807) is 25.4 Å². The number of aromatic nitrogens is 1. The van der Waals surface area contributed by atoms with Crippen LogP contribution in [-0.2, 0) is 4.79 Å². The Balaban J connectivity index is 2.05. The first-order valence-corrected chi connectivity index (χ1v) is 5.34. The average molecular weight is 221 g/mol. The zero-order valence-corrected chi connectivity index (χ0v) is 9.19. The van der Waals surface area contributed by atoms with E-state index in [0.717, 1.165) is 19.4 Å². The summed E-state index contributed by atoms with van der Waals surface area (Å²) in [6.45, 7) is 0.900. The quantitative estimate of drug-likeness (QED) is 0.791. The zero-order valence-electron chi connectivity index (χ0n) is 9.19. The molecule has 0 aromatic carbocycles. The first kappa shape index (κ1) is 10.9. The van der Waals surface area contributed by atoms with Crippen molar-refractivity contribution in [3.05, 3.63) is 18.3 Å². The van der Waals surface area contributed by atoms with Gasteiger partial charge >= 0.3 is 0 Å². The van der Waals surface area contributed by atoms with Crippen molar-refractivity contribution >= 4 is 11.7 Å². The molecule has 5 heteroatoms. The summed E-state index contributed by atoms with van der Waals surface area (Å²) in [5.41, 5.74) is 0. The summed E-state index contributed by atoms with van der Waals surface area (Å²) in [7, 11) is 1.56. The molecule has 1 aliphatic rings. The van der Waals surface area contributed by atoms with E-state index in [-0.39, 0.29) is 11.9 Å². The topological polar surface area (TPSA) is 63.2 Å². The van der Waals surface area contributed by atoms with Gasteiger partial charge in [0.2, 0.25) is 5.91 Å². The molecule has 16 heavy (non-hydrogen) atoms. The molecule has 1 aromatic heterocycles. The summed E-state index contributed by atoms with van der Waals surface area (Å²) in [6.07, 6.45) is 3.54. The predicted molar refractivity (Wildman–Crippen MR) is 60.4 cm³/mol. The van der Waals surface area contributed by atoms with Gasteiger partial charge in [0.15, 0.2) is 11.6 Å². The Labute approximate surface area is 94.2 Å². The summed E-state index contributed by atoms with van der Waals surface area (Å²) in [4.78, 5) is 15.9. The molecule has 2 rings (SSSR count). The molecule has 5 nitrogen and oxygen atoms in total. The summed E-state index contributed by atoms with van der Waals surface area (Å²) in [5.74, 6) is 1.01. The molecule has 2 N–H and O–H groups in total. The number of hydrogen-bond donors (Lipinski definition) is 2. The number of rotatable bonds is 3. The van der Waals surface area contributed by atoms with Crippen LogP contribution in [0.2, 0.25) is 0 Å². The van der Waals surface area contributed by atoms with Gasteiger partial charge in [0.25, 0.3) is 0 Å². The van der Waals surface area contributed by atoms with Gasteiger partial charge in [-0.05, 0) is 31.5 Å². The number of nitrogens with one attached hydrogen (secondary N) is 2. The number of hydrogen-bond acceptors (Lipinski definition) is 4. The van der Waals surface area contributed by atoms with Crippen LogP contribution in [0, 0.1) is 0 Å². The van der Waals surface area contributed by atoms with E-state index in [2.05, 4.69) is 15.6 Å². The Kier molecular flexibility index (Phi) is 3.36. The van der Waals surface area contributed by atoms with Crippen LogP contribution in [0.25, 0.3) is 0 Å². The second-order valence-corrected chi connectivity index (χ2v) is 3.69. The summed E-state index contributed by atoms with van der Waals surface area (Å²) < 4.78 is 5.11. The maximum Gasteiger partial charge on any atom is 0.242 e. The SMILES string of the molecule is COc1cccnc1NC(=O)C1CCCN1. The molecular formula is C11H15N3O2. The number of nitrogens with zero attached hydrogens (tertiary/aromatic N) is 1. The van der Waals surface area contributed by atoms with Gasteiger partial charge in [-0.15, -0.1) is 0 Å². The van der Waals surface area contributed by atoms with Gasteiger partial charge in [-0.2, -0.15) is 0 Å². The number of pyridine rings is 1. The van der Waals surface area contributed by atoms with E-state index < -0.39 is 0 Å². The largest absolute Gasteiger partial charge is 0.493 e. The lowest BCUT2D eigenvalue weighted by molar-refractivity contribution is -0.117. The van der Waals surface area contributed by atoms with Crippen LogP contribution < -0.4 is 15.4 Å². The molecule has 1 aliphatic heterocycles. The van der Waals surface area contributed by atoms with Gasteiger partial charge in [0, 0.05) is 6.20 Å². The highest BCUT2D eigenvalue weighted by Gasteiger charge is 2.22. The van der Waals surface area contributed by atoms with E-state index in [9.17, 15) is 4.79 Å². The highest BCUT2D eigenvalue weighted by Crippen LogP contribution is 2.20. The van der Waals surface area contributed by atoms with E-state index in [4.69, 9.17) is 4.74 Å². The molecule has 86 valence electrons. The second kappa shape index (κ2) is 4.94. The van der Waals surface area contributed by atoms with Crippen LogP contribution in [0.5, 0.6) is 5.75 Å². The number of carbonyl (C=O) groups excluding carboxylic acids is 1. The van der Waals surface area contributed by atoms with E-state index in [1.807, 2.05) is 0 Å². The number of amides is 1. The minimum Gasteiger partial charge on any atom is -0.493 e. The average Bonchev–Trinajstić information content (AvgIpc) is 2.83. The Morgan fingerprint density at radius 1 is 1.69 bits per heavy atom. The monoisotopic (exact) mass is 221 g/mol. The number of methoxy groups -OCH3 is 1. The molecule has 0 saturated carbocycles. The predicted octanol–water partition coefficient (Wildman–Crippen LogP) is 0.781. The molecule has 1 fully saturated rings. The van der Waals surface area contributed by atoms with Crippen LogP contribution >= 0.6 is 0 Å². The molecule has 1 amide bonds. The Morgan fingerprint density at radius 3 is 3.25 bits per heavy atom. The van der Waals surface area contributed by atoms with Gasteiger partial charge in [-0.1, -0.05) is 0 Å². The second-order valence-electron chi connectivity index (χ2n) is 3.69. The van der Waals surface area contributed by atoms with Crippen molar-refractivity contribution in [1.82, 2.24) is 10.3 Å². The van der Waals surface area contributed by atoms with Gasteiger partial charge in [-0.25, -0.2) is 4.98 Å². The van der Waals surface area contributed by atoms with Crippen molar-refractivity contribution in [2.45, 2.75) is 18.9 Å². The molecule has 0 bridgehead atoms. The molecule has 1 aromatic rings. The lowest BCUT2D eigenvalue weighted by atomic mass is 10.2. The molecule has 0 aliphatic carbocycles.